The Labute approximate surface area is 106 Å². The Balaban J connectivity index is 2.20. The molecule has 0 fully saturated rings. The standard InChI is InChI=1S/C14H17NOS/c1-9-6-4-5-7-12(9)8-13(16)14-10(2)15-11(3)17-14/h4-7,13,16H,8H2,1-3H3. The molecule has 0 radical (unpaired) electrons. The highest BCUT2D eigenvalue weighted by molar-refractivity contribution is 7.11. The average molecular weight is 247 g/mol. The SMILES string of the molecule is Cc1nc(C)c(C(O)Cc2ccccc2C)s1. The maximum atomic E-state index is 10.3. The van der Waals surface area contributed by atoms with Crippen molar-refractivity contribution in [2.45, 2.75) is 33.3 Å². The molecule has 17 heavy (non-hydrogen) atoms. The highest BCUT2D eigenvalue weighted by Gasteiger charge is 2.15. The number of aryl methyl sites for hydroxylation is 3. The van der Waals surface area contributed by atoms with Crippen molar-refractivity contribution in [1.82, 2.24) is 4.98 Å². The molecule has 1 unspecified atom stereocenters. The number of aliphatic hydroxyl groups excluding tert-OH is 1. The molecule has 2 nitrogen and oxygen atoms in total. The number of rotatable bonds is 3. The minimum absolute atomic E-state index is 0.442. The van der Waals surface area contributed by atoms with Crippen LogP contribution in [0.1, 0.15) is 32.8 Å². The van der Waals surface area contributed by atoms with E-state index in [1.165, 1.54) is 11.1 Å². The van der Waals surface area contributed by atoms with E-state index in [0.717, 1.165) is 15.6 Å². The molecule has 0 saturated heterocycles. The van der Waals surface area contributed by atoms with E-state index in [1.54, 1.807) is 11.3 Å². The zero-order valence-corrected chi connectivity index (χ0v) is 11.2. The van der Waals surface area contributed by atoms with Gasteiger partial charge in [-0.1, -0.05) is 24.3 Å². The summed E-state index contributed by atoms with van der Waals surface area (Å²) < 4.78 is 0. The number of benzene rings is 1. The average Bonchev–Trinajstić information content (AvgIpc) is 2.61. The van der Waals surface area contributed by atoms with Crippen LogP contribution in [-0.4, -0.2) is 10.1 Å². The van der Waals surface area contributed by atoms with Gasteiger partial charge in [0.25, 0.3) is 0 Å². The van der Waals surface area contributed by atoms with Crippen molar-refractivity contribution in [3.05, 3.63) is 51.0 Å². The first-order valence-electron chi connectivity index (χ1n) is 5.74. The lowest BCUT2D eigenvalue weighted by molar-refractivity contribution is 0.181. The third-order valence-electron chi connectivity index (χ3n) is 2.92. The molecule has 0 saturated carbocycles. The molecule has 0 aliphatic heterocycles. The van der Waals surface area contributed by atoms with Gasteiger partial charge < -0.3 is 5.11 Å². The number of hydrogen-bond acceptors (Lipinski definition) is 3. The summed E-state index contributed by atoms with van der Waals surface area (Å²) in [7, 11) is 0. The summed E-state index contributed by atoms with van der Waals surface area (Å²) in [5, 5.41) is 11.3. The lowest BCUT2D eigenvalue weighted by atomic mass is 10.0. The lowest BCUT2D eigenvalue weighted by Gasteiger charge is -2.11. The summed E-state index contributed by atoms with van der Waals surface area (Å²) in [6.45, 7) is 6.01. The smallest absolute Gasteiger partial charge is 0.0941 e. The van der Waals surface area contributed by atoms with Gasteiger partial charge in [-0.05, 0) is 31.9 Å². The number of aliphatic hydroxyl groups is 1. The maximum absolute atomic E-state index is 10.3. The molecule has 2 rings (SSSR count). The van der Waals surface area contributed by atoms with Gasteiger partial charge in [-0.25, -0.2) is 4.98 Å². The van der Waals surface area contributed by atoms with Crippen molar-refractivity contribution in [2.24, 2.45) is 0 Å². The van der Waals surface area contributed by atoms with E-state index < -0.39 is 6.10 Å². The van der Waals surface area contributed by atoms with Gasteiger partial charge in [0.05, 0.1) is 21.7 Å². The van der Waals surface area contributed by atoms with Gasteiger partial charge in [-0.15, -0.1) is 11.3 Å². The minimum atomic E-state index is -0.442. The van der Waals surface area contributed by atoms with Crippen LogP contribution in [0.5, 0.6) is 0 Å². The fourth-order valence-electron chi connectivity index (χ4n) is 2.00. The summed E-state index contributed by atoms with van der Waals surface area (Å²) in [5.74, 6) is 0. The predicted octanol–water partition coefficient (Wildman–Crippen LogP) is 3.34. The normalized spacial score (nSPS) is 12.7. The molecule has 0 spiro atoms. The van der Waals surface area contributed by atoms with Crippen LogP contribution in [0.3, 0.4) is 0 Å². The summed E-state index contributed by atoms with van der Waals surface area (Å²) in [6.07, 6.45) is 0.220. The van der Waals surface area contributed by atoms with Crippen LogP contribution in [-0.2, 0) is 6.42 Å². The number of hydrogen-bond donors (Lipinski definition) is 1. The van der Waals surface area contributed by atoms with Crippen LogP contribution in [0.2, 0.25) is 0 Å². The van der Waals surface area contributed by atoms with Crippen molar-refractivity contribution in [1.29, 1.82) is 0 Å². The Morgan fingerprint density at radius 1 is 1.24 bits per heavy atom. The molecule has 1 N–H and O–H groups in total. The van der Waals surface area contributed by atoms with E-state index in [4.69, 9.17) is 0 Å². The molecule has 0 aliphatic carbocycles. The Hall–Kier alpha value is -1.19. The Morgan fingerprint density at radius 3 is 2.53 bits per heavy atom. The Morgan fingerprint density at radius 2 is 1.94 bits per heavy atom. The second-order valence-corrected chi connectivity index (χ2v) is 5.56. The molecule has 0 bridgehead atoms. The third-order valence-corrected chi connectivity index (χ3v) is 4.09. The molecule has 1 atom stereocenters. The quantitative estimate of drug-likeness (QED) is 0.902. The molecule has 1 heterocycles. The Bertz CT molecular complexity index is 519. The van der Waals surface area contributed by atoms with Crippen LogP contribution in [0, 0.1) is 20.8 Å². The largest absolute Gasteiger partial charge is 0.387 e. The zero-order chi connectivity index (χ0) is 12.4. The molecule has 0 aliphatic rings. The van der Waals surface area contributed by atoms with Crippen LogP contribution in [0.15, 0.2) is 24.3 Å². The van der Waals surface area contributed by atoms with Crippen molar-refractivity contribution < 1.29 is 5.11 Å². The monoisotopic (exact) mass is 247 g/mol. The van der Waals surface area contributed by atoms with Crippen LogP contribution in [0.25, 0.3) is 0 Å². The molecule has 3 heteroatoms. The van der Waals surface area contributed by atoms with E-state index >= 15 is 0 Å². The first-order chi connectivity index (χ1) is 8.08. The van der Waals surface area contributed by atoms with Gasteiger partial charge in [0.2, 0.25) is 0 Å². The van der Waals surface area contributed by atoms with Crippen LogP contribution in [0.4, 0.5) is 0 Å². The second kappa shape index (κ2) is 4.98. The lowest BCUT2D eigenvalue weighted by Crippen LogP contribution is -2.02. The van der Waals surface area contributed by atoms with E-state index in [2.05, 4.69) is 24.0 Å². The molecule has 1 aromatic carbocycles. The zero-order valence-electron chi connectivity index (χ0n) is 10.4. The molecule has 90 valence electrons. The summed E-state index contributed by atoms with van der Waals surface area (Å²) in [4.78, 5) is 5.35. The van der Waals surface area contributed by atoms with Crippen molar-refractivity contribution >= 4 is 11.3 Å². The first-order valence-corrected chi connectivity index (χ1v) is 6.56. The summed E-state index contributed by atoms with van der Waals surface area (Å²) in [6, 6.07) is 8.18. The van der Waals surface area contributed by atoms with E-state index in [-0.39, 0.29) is 0 Å². The van der Waals surface area contributed by atoms with Gasteiger partial charge in [-0.3, -0.25) is 0 Å². The van der Waals surface area contributed by atoms with Crippen molar-refractivity contribution in [2.75, 3.05) is 0 Å². The highest BCUT2D eigenvalue weighted by atomic mass is 32.1. The molecule has 1 aromatic heterocycles. The van der Waals surface area contributed by atoms with Crippen LogP contribution >= 0.6 is 11.3 Å². The molecule has 0 amide bonds. The topological polar surface area (TPSA) is 33.1 Å². The van der Waals surface area contributed by atoms with Gasteiger partial charge in [0, 0.05) is 6.42 Å². The third kappa shape index (κ3) is 2.73. The summed E-state index contributed by atoms with van der Waals surface area (Å²) in [5.41, 5.74) is 3.38. The van der Waals surface area contributed by atoms with Crippen LogP contribution < -0.4 is 0 Å². The number of thiazole rings is 1. The Kier molecular flexibility index (Phi) is 3.60. The number of nitrogens with zero attached hydrogens (tertiary/aromatic N) is 1. The second-order valence-electron chi connectivity index (χ2n) is 4.33. The summed E-state index contributed by atoms with van der Waals surface area (Å²) >= 11 is 1.59. The van der Waals surface area contributed by atoms with E-state index in [9.17, 15) is 5.11 Å². The van der Waals surface area contributed by atoms with E-state index in [1.807, 2.05) is 26.0 Å². The van der Waals surface area contributed by atoms with Gasteiger partial charge in [0.1, 0.15) is 0 Å². The van der Waals surface area contributed by atoms with Crippen molar-refractivity contribution in [3.63, 3.8) is 0 Å². The van der Waals surface area contributed by atoms with E-state index in [0.29, 0.717) is 6.42 Å². The van der Waals surface area contributed by atoms with Gasteiger partial charge >= 0.3 is 0 Å². The molecular formula is C14H17NOS. The van der Waals surface area contributed by atoms with Crippen molar-refractivity contribution in [3.8, 4) is 0 Å². The fourth-order valence-corrected chi connectivity index (χ4v) is 2.91. The molecular weight excluding hydrogens is 230 g/mol. The first kappa shape index (κ1) is 12.3. The van der Waals surface area contributed by atoms with Gasteiger partial charge in [0.15, 0.2) is 0 Å². The number of aromatic nitrogens is 1. The molecule has 2 aromatic rings. The maximum Gasteiger partial charge on any atom is 0.0941 e. The fraction of sp³-hybridized carbons (Fsp3) is 0.357. The van der Waals surface area contributed by atoms with Gasteiger partial charge in [-0.2, -0.15) is 0 Å². The highest BCUT2D eigenvalue weighted by Crippen LogP contribution is 2.27. The predicted molar refractivity (Wildman–Crippen MR) is 71.4 cm³/mol. The minimum Gasteiger partial charge on any atom is -0.387 e.